The number of benzene rings is 1. The van der Waals surface area contributed by atoms with Crippen molar-refractivity contribution in [3.8, 4) is 5.75 Å². The van der Waals surface area contributed by atoms with Gasteiger partial charge >= 0.3 is 0 Å². The molecule has 0 saturated heterocycles. The highest BCUT2D eigenvalue weighted by Gasteiger charge is 2.44. The fraction of sp³-hybridized carbons (Fsp3) is 0.647. The van der Waals surface area contributed by atoms with Gasteiger partial charge in [-0.15, -0.1) is 0 Å². The molecule has 0 aliphatic heterocycles. The lowest BCUT2D eigenvalue weighted by Crippen LogP contribution is -2.41. The molecule has 1 aromatic rings. The van der Waals surface area contributed by atoms with E-state index in [2.05, 4.69) is 18.3 Å². The van der Waals surface area contributed by atoms with Crippen LogP contribution in [0.4, 0.5) is 0 Å². The molecule has 0 radical (unpaired) electrons. The fourth-order valence-corrected chi connectivity index (χ4v) is 3.86. The molecule has 2 fully saturated rings. The quantitative estimate of drug-likeness (QED) is 0.880. The van der Waals surface area contributed by atoms with Gasteiger partial charge in [-0.05, 0) is 49.8 Å². The molecular weight excluding hydrogens is 270 g/mol. The maximum Gasteiger partial charge on any atom is 0.122 e. The normalized spacial score (nSPS) is 29.6. The molecule has 2 aliphatic carbocycles. The minimum absolute atomic E-state index is 0.179. The number of rotatable bonds is 5. The number of hydrogen-bond donors (Lipinski definition) is 1. The first kappa shape index (κ1) is 14.2. The Bertz CT molecular complexity index is 486. The molecule has 0 heterocycles. The maximum absolute atomic E-state index is 6.26. The molecule has 110 valence electrons. The van der Waals surface area contributed by atoms with Gasteiger partial charge < -0.3 is 10.1 Å². The van der Waals surface area contributed by atoms with Gasteiger partial charge in [0.15, 0.2) is 0 Å². The summed E-state index contributed by atoms with van der Waals surface area (Å²) >= 11 is 6.26. The molecule has 3 heteroatoms. The van der Waals surface area contributed by atoms with E-state index in [1.807, 2.05) is 12.1 Å². The van der Waals surface area contributed by atoms with Crippen molar-refractivity contribution in [1.82, 2.24) is 5.32 Å². The third-order valence-corrected chi connectivity index (χ3v) is 5.42. The predicted octanol–water partition coefficient (Wildman–Crippen LogP) is 4.16. The monoisotopic (exact) mass is 293 g/mol. The molecular formula is C17H24ClNO. The van der Waals surface area contributed by atoms with Crippen LogP contribution in [0, 0.1) is 5.92 Å². The van der Waals surface area contributed by atoms with E-state index < -0.39 is 0 Å². The van der Waals surface area contributed by atoms with Crippen molar-refractivity contribution in [2.75, 3.05) is 13.7 Å². The Morgan fingerprint density at radius 1 is 1.35 bits per heavy atom. The molecule has 20 heavy (non-hydrogen) atoms. The number of methoxy groups -OCH3 is 1. The average Bonchev–Trinajstić information content (AvgIpc) is 3.20. The Morgan fingerprint density at radius 3 is 2.75 bits per heavy atom. The summed E-state index contributed by atoms with van der Waals surface area (Å²) in [5.74, 6) is 1.65. The number of halogens is 1. The number of hydrogen-bond acceptors (Lipinski definition) is 2. The first-order chi connectivity index (χ1) is 9.65. The highest BCUT2D eigenvalue weighted by Crippen LogP contribution is 2.49. The smallest absolute Gasteiger partial charge is 0.122 e. The number of ether oxygens (including phenoxy) is 1. The van der Waals surface area contributed by atoms with Crippen LogP contribution in [0.5, 0.6) is 5.75 Å². The van der Waals surface area contributed by atoms with Gasteiger partial charge in [0.2, 0.25) is 0 Å². The standard InChI is InChI=1S/C17H24ClNO/c1-12-4-3-9-17(12,11-19-14-6-7-14)15-10-13(18)5-8-16(15)20-2/h5,8,10,12,14,19H,3-4,6-7,9,11H2,1-2H3. The topological polar surface area (TPSA) is 21.3 Å². The minimum Gasteiger partial charge on any atom is -0.496 e. The Labute approximate surface area is 126 Å². The summed E-state index contributed by atoms with van der Waals surface area (Å²) in [5, 5.41) is 4.55. The summed E-state index contributed by atoms with van der Waals surface area (Å²) in [6.07, 6.45) is 6.48. The molecule has 2 saturated carbocycles. The molecule has 2 atom stereocenters. The highest BCUT2D eigenvalue weighted by atomic mass is 35.5. The average molecular weight is 294 g/mol. The lowest BCUT2D eigenvalue weighted by atomic mass is 9.72. The van der Waals surface area contributed by atoms with Gasteiger partial charge in [0, 0.05) is 28.6 Å². The zero-order chi connectivity index (χ0) is 14.2. The van der Waals surface area contributed by atoms with E-state index in [1.54, 1.807) is 7.11 Å². The minimum atomic E-state index is 0.179. The second-order valence-corrected chi connectivity index (χ2v) is 6.89. The largest absolute Gasteiger partial charge is 0.496 e. The van der Waals surface area contributed by atoms with Crippen LogP contribution in [0.1, 0.15) is 44.6 Å². The second-order valence-electron chi connectivity index (χ2n) is 6.45. The summed E-state index contributed by atoms with van der Waals surface area (Å²) in [6, 6.07) is 6.80. The van der Waals surface area contributed by atoms with E-state index in [1.165, 1.54) is 37.7 Å². The molecule has 0 bridgehead atoms. The molecule has 0 amide bonds. The van der Waals surface area contributed by atoms with E-state index in [0.717, 1.165) is 23.4 Å². The van der Waals surface area contributed by atoms with Crippen LogP contribution in [0.25, 0.3) is 0 Å². The van der Waals surface area contributed by atoms with Crippen LogP contribution in [0.3, 0.4) is 0 Å². The molecule has 2 aliphatic rings. The van der Waals surface area contributed by atoms with Crippen LogP contribution < -0.4 is 10.1 Å². The third-order valence-electron chi connectivity index (χ3n) is 5.18. The molecule has 2 nitrogen and oxygen atoms in total. The lowest BCUT2D eigenvalue weighted by Gasteiger charge is -2.36. The van der Waals surface area contributed by atoms with Gasteiger partial charge in [-0.1, -0.05) is 24.9 Å². The van der Waals surface area contributed by atoms with Crippen molar-refractivity contribution in [2.24, 2.45) is 5.92 Å². The number of nitrogens with one attached hydrogen (secondary N) is 1. The predicted molar refractivity (Wildman–Crippen MR) is 83.7 cm³/mol. The molecule has 0 aromatic heterocycles. The van der Waals surface area contributed by atoms with Gasteiger partial charge in [-0.2, -0.15) is 0 Å². The van der Waals surface area contributed by atoms with Crippen LogP contribution >= 0.6 is 11.6 Å². The maximum atomic E-state index is 6.26. The van der Waals surface area contributed by atoms with Gasteiger partial charge in [-0.3, -0.25) is 0 Å². The first-order valence-electron chi connectivity index (χ1n) is 7.73. The Kier molecular flexibility index (Phi) is 3.96. The molecule has 1 aromatic carbocycles. The summed E-state index contributed by atoms with van der Waals surface area (Å²) in [4.78, 5) is 0. The SMILES string of the molecule is COc1ccc(Cl)cc1C1(CNC2CC2)CCCC1C. The summed E-state index contributed by atoms with van der Waals surface area (Å²) in [6.45, 7) is 3.43. The summed E-state index contributed by atoms with van der Waals surface area (Å²) in [7, 11) is 1.76. The Morgan fingerprint density at radius 2 is 2.15 bits per heavy atom. The van der Waals surface area contributed by atoms with Crippen molar-refractivity contribution >= 4 is 11.6 Å². The van der Waals surface area contributed by atoms with Crippen LogP contribution in [0.2, 0.25) is 5.02 Å². The molecule has 1 N–H and O–H groups in total. The van der Waals surface area contributed by atoms with Crippen molar-refractivity contribution in [3.63, 3.8) is 0 Å². The third kappa shape index (κ3) is 2.56. The zero-order valence-electron chi connectivity index (χ0n) is 12.4. The fourth-order valence-electron chi connectivity index (χ4n) is 3.69. The molecule has 3 rings (SSSR count). The van der Waals surface area contributed by atoms with E-state index in [0.29, 0.717) is 5.92 Å². The van der Waals surface area contributed by atoms with Crippen molar-refractivity contribution < 1.29 is 4.74 Å². The van der Waals surface area contributed by atoms with Crippen LogP contribution in [-0.2, 0) is 5.41 Å². The van der Waals surface area contributed by atoms with Crippen LogP contribution in [-0.4, -0.2) is 19.7 Å². The van der Waals surface area contributed by atoms with Crippen molar-refractivity contribution in [1.29, 1.82) is 0 Å². The highest BCUT2D eigenvalue weighted by molar-refractivity contribution is 6.30. The molecule has 2 unspecified atom stereocenters. The van der Waals surface area contributed by atoms with Crippen molar-refractivity contribution in [3.05, 3.63) is 28.8 Å². The Hall–Kier alpha value is -0.730. The second kappa shape index (κ2) is 5.57. The molecule has 0 spiro atoms. The van der Waals surface area contributed by atoms with E-state index in [-0.39, 0.29) is 5.41 Å². The van der Waals surface area contributed by atoms with E-state index in [9.17, 15) is 0 Å². The first-order valence-corrected chi connectivity index (χ1v) is 8.11. The van der Waals surface area contributed by atoms with Gasteiger partial charge in [0.05, 0.1) is 7.11 Å². The summed E-state index contributed by atoms with van der Waals surface area (Å²) in [5.41, 5.74) is 1.48. The zero-order valence-corrected chi connectivity index (χ0v) is 13.2. The van der Waals surface area contributed by atoms with E-state index >= 15 is 0 Å². The Balaban J connectivity index is 1.97. The summed E-state index contributed by atoms with van der Waals surface area (Å²) < 4.78 is 5.62. The van der Waals surface area contributed by atoms with Gasteiger partial charge in [-0.25, -0.2) is 0 Å². The van der Waals surface area contributed by atoms with Crippen LogP contribution in [0.15, 0.2) is 18.2 Å². The van der Waals surface area contributed by atoms with Gasteiger partial charge in [0.25, 0.3) is 0 Å². The van der Waals surface area contributed by atoms with Gasteiger partial charge in [0.1, 0.15) is 5.75 Å². The van der Waals surface area contributed by atoms with E-state index in [4.69, 9.17) is 16.3 Å². The lowest BCUT2D eigenvalue weighted by molar-refractivity contribution is 0.300. The van der Waals surface area contributed by atoms with Crippen molar-refractivity contribution in [2.45, 2.75) is 50.5 Å².